The van der Waals surface area contributed by atoms with E-state index < -0.39 is 0 Å². The van der Waals surface area contributed by atoms with Gasteiger partial charge in [0.15, 0.2) is 0 Å². The van der Waals surface area contributed by atoms with E-state index in [-0.39, 0.29) is 18.4 Å². The van der Waals surface area contributed by atoms with E-state index in [0.717, 1.165) is 0 Å². The van der Waals surface area contributed by atoms with E-state index in [1.807, 2.05) is 0 Å². The molecule has 0 saturated heterocycles. The number of rotatable bonds is 3. The van der Waals surface area contributed by atoms with Crippen molar-refractivity contribution in [1.82, 2.24) is 5.73 Å². The first-order chi connectivity index (χ1) is 3.68. The van der Waals surface area contributed by atoms with Crippen LogP contribution in [-0.2, 0) is 4.79 Å². The molecule has 1 amide bonds. The molecule has 1 radical (unpaired) electrons. The lowest BCUT2D eigenvalue weighted by atomic mass is 10.1. The molecule has 3 N–H and O–H groups in total. The quantitative estimate of drug-likeness (QED) is 0.543. The maximum atomic E-state index is 10.2. The maximum absolute atomic E-state index is 10.2. The minimum Gasteiger partial charge on any atom is -0.369 e. The fraction of sp³-hybridized carbons (Fsp3) is 0.800. The van der Waals surface area contributed by atoms with Gasteiger partial charge in [-0.2, -0.15) is 0 Å². The summed E-state index contributed by atoms with van der Waals surface area (Å²) in [4.78, 5) is 10.2. The fourth-order valence-electron chi connectivity index (χ4n) is 0.359. The molecule has 0 aromatic rings. The monoisotopic (exact) mass is 115 g/mol. The van der Waals surface area contributed by atoms with Crippen molar-refractivity contribution in [2.45, 2.75) is 13.3 Å². The van der Waals surface area contributed by atoms with E-state index in [1.165, 1.54) is 0 Å². The highest BCUT2D eigenvalue weighted by atomic mass is 16.1. The van der Waals surface area contributed by atoms with Crippen molar-refractivity contribution in [3.63, 3.8) is 0 Å². The third-order valence-corrected chi connectivity index (χ3v) is 1.06. The van der Waals surface area contributed by atoms with Crippen LogP contribution in [0.1, 0.15) is 13.3 Å². The Balaban J connectivity index is 3.32. The second kappa shape index (κ2) is 3.43. The van der Waals surface area contributed by atoms with Gasteiger partial charge in [-0.15, -0.1) is 0 Å². The van der Waals surface area contributed by atoms with Gasteiger partial charge in [0.05, 0.1) is 0 Å². The van der Waals surface area contributed by atoms with Gasteiger partial charge in [-0.3, -0.25) is 10.5 Å². The van der Waals surface area contributed by atoms with E-state index in [2.05, 4.69) is 0 Å². The number of carbonyl (C=O) groups is 1. The minimum absolute atomic E-state index is 0.132. The Hall–Kier alpha value is -0.570. The largest absolute Gasteiger partial charge is 0.369 e. The molecular weight excluding hydrogens is 104 g/mol. The molecule has 3 heteroatoms. The zero-order valence-corrected chi connectivity index (χ0v) is 4.98. The molecule has 0 heterocycles. The van der Waals surface area contributed by atoms with E-state index in [4.69, 9.17) is 11.5 Å². The smallest absolute Gasteiger partial charge is 0.220 e. The molecule has 0 fully saturated rings. The molecule has 3 nitrogen and oxygen atoms in total. The molecule has 1 unspecified atom stereocenters. The van der Waals surface area contributed by atoms with Crippen molar-refractivity contribution in [1.29, 1.82) is 0 Å². The number of nitrogens with two attached hydrogens (primary N) is 1. The van der Waals surface area contributed by atoms with Crippen molar-refractivity contribution in [3.8, 4) is 0 Å². The number of hydrogen-bond acceptors (Lipinski definition) is 1. The van der Waals surface area contributed by atoms with Gasteiger partial charge in [0.1, 0.15) is 0 Å². The second-order valence-electron chi connectivity index (χ2n) is 1.84. The van der Waals surface area contributed by atoms with Gasteiger partial charge >= 0.3 is 0 Å². The van der Waals surface area contributed by atoms with Crippen LogP contribution in [0.2, 0.25) is 0 Å². The zero-order valence-electron chi connectivity index (χ0n) is 4.98. The number of primary amides is 1. The van der Waals surface area contributed by atoms with Crippen LogP contribution in [-0.4, -0.2) is 12.5 Å². The first kappa shape index (κ1) is 7.43. The average Bonchev–Trinajstić information content (AvgIpc) is 1.67. The van der Waals surface area contributed by atoms with Crippen molar-refractivity contribution in [2.75, 3.05) is 6.54 Å². The predicted molar refractivity (Wildman–Crippen MR) is 30.9 cm³/mol. The number of carbonyl (C=O) groups excluding carboxylic acids is 1. The molecule has 0 rings (SSSR count). The topological polar surface area (TPSA) is 66.9 Å². The fourth-order valence-corrected chi connectivity index (χ4v) is 0.359. The van der Waals surface area contributed by atoms with E-state index >= 15 is 0 Å². The van der Waals surface area contributed by atoms with E-state index in [0.29, 0.717) is 6.42 Å². The first-order valence-electron chi connectivity index (χ1n) is 2.62. The summed E-state index contributed by atoms with van der Waals surface area (Å²) in [7, 11) is 0. The number of nitrogens with one attached hydrogen (secondary N) is 1. The van der Waals surface area contributed by atoms with Crippen LogP contribution in [0.4, 0.5) is 0 Å². The Morgan fingerprint density at radius 2 is 2.38 bits per heavy atom. The summed E-state index contributed by atoms with van der Waals surface area (Å²) in [6, 6.07) is 0. The molecule has 0 aromatic heterocycles. The summed E-state index contributed by atoms with van der Waals surface area (Å²) in [5.41, 5.74) is 11.6. The van der Waals surface area contributed by atoms with Crippen LogP contribution in [0.5, 0.6) is 0 Å². The van der Waals surface area contributed by atoms with Crippen molar-refractivity contribution >= 4 is 5.91 Å². The molecule has 8 heavy (non-hydrogen) atoms. The van der Waals surface area contributed by atoms with Crippen molar-refractivity contribution in [2.24, 2.45) is 11.7 Å². The molecule has 0 aliphatic carbocycles. The standard InChI is InChI=1S/C5H11N2O/c1-4(2-3-6)5(7)8/h4,6H,2-3H2,1H3,(H2,7,8). The van der Waals surface area contributed by atoms with Crippen LogP contribution >= 0.6 is 0 Å². The van der Waals surface area contributed by atoms with Gasteiger partial charge in [0.2, 0.25) is 5.91 Å². The Morgan fingerprint density at radius 1 is 1.88 bits per heavy atom. The number of amides is 1. The highest BCUT2D eigenvalue weighted by Gasteiger charge is 2.05. The summed E-state index contributed by atoms with van der Waals surface area (Å²) >= 11 is 0. The van der Waals surface area contributed by atoms with E-state index in [9.17, 15) is 4.79 Å². The molecule has 1 atom stereocenters. The highest BCUT2D eigenvalue weighted by Crippen LogP contribution is 1.96. The van der Waals surface area contributed by atoms with Gasteiger partial charge in [0.25, 0.3) is 0 Å². The molecule has 0 aliphatic rings. The highest BCUT2D eigenvalue weighted by molar-refractivity contribution is 5.76. The van der Waals surface area contributed by atoms with Gasteiger partial charge < -0.3 is 5.73 Å². The van der Waals surface area contributed by atoms with Crippen LogP contribution < -0.4 is 11.5 Å². The van der Waals surface area contributed by atoms with Gasteiger partial charge in [-0.05, 0) is 6.42 Å². The lowest BCUT2D eigenvalue weighted by Gasteiger charge is -2.01. The minimum atomic E-state index is -0.308. The molecular formula is C5H11N2O. The third kappa shape index (κ3) is 2.58. The summed E-state index contributed by atoms with van der Waals surface area (Å²) in [5, 5.41) is 0. The molecule has 0 saturated carbocycles. The predicted octanol–water partition coefficient (Wildman–Crippen LogP) is -0.219. The Bertz CT molecular complexity index is 82.5. The third-order valence-electron chi connectivity index (χ3n) is 1.06. The second-order valence-corrected chi connectivity index (χ2v) is 1.84. The van der Waals surface area contributed by atoms with Gasteiger partial charge in [-0.1, -0.05) is 6.92 Å². The van der Waals surface area contributed by atoms with Crippen LogP contribution in [0.25, 0.3) is 0 Å². The summed E-state index contributed by atoms with van der Waals surface area (Å²) < 4.78 is 0. The van der Waals surface area contributed by atoms with Crippen LogP contribution in [0, 0.1) is 5.92 Å². The lowest BCUT2D eigenvalue weighted by molar-refractivity contribution is -0.121. The van der Waals surface area contributed by atoms with Crippen molar-refractivity contribution < 1.29 is 4.79 Å². The first-order valence-corrected chi connectivity index (χ1v) is 2.62. The molecule has 47 valence electrons. The Labute approximate surface area is 49.0 Å². The SMILES string of the molecule is CC(CC[NH])C(N)=O. The lowest BCUT2D eigenvalue weighted by Crippen LogP contribution is -2.21. The molecule has 0 spiro atoms. The molecule has 0 aliphatic heterocycles. The summed E-state index contributed by atoms with van der Waals surface area (Å²) in [5.74, 6) is -0.440. The van der Waals surface area contributed by atoms with Crippen molar-refractivity contribution in [3.05, 3.63) is 0 Å². The van der Waals surface area contributed by atoms with Gasteiger partial charge in [0, 0.05) is 12.5 Å². The maximum Gasteiger partial charge on any atom is 0.220 e. The van der Waals surface area contributed by atoms with Crippen LogP contribution in [0.3, 0.4) is 0 Å². The average molecular weight is 115 g/mol. The van der Waals surface area contributed by atoms with Gasteiger partial charge in [-0.25, -0.2) is 0 Å². The normalized spacial score (nSPS) is 13.2. The Kier molecular flexibility index (Phi) is 3.19. The molecule has 0 bridgehead atoms. The van der Waals surface area contributed by atoms with Crippen LogP contribution in [0.15, 0.2) is 0 Å². The van der Waals surface area contributed by atoms with E-state index in [1.54, 1.807) is 6.92 Å². The number of hydrogen-bond donors (Lipinski definition) is 1. The summed E-state index contributed by atoms with van der Waals surface area (Å²) in [6.45, 7) is 2.01. The Morgan fingerprint density at radius 3 is 2.50 bits per heavy atom. The zero-order chi connectivity index (χ0) is 6.57. The molecule has 0 aromatic carbocycles. The summed E-state index contributed by atoms with van der Waals surface area (Å²) in [6.07, 6.45) is 0.579.